The minimum Gasteiger partial charge on any atom is -0.493 e. The predicted octanol–water partition coefficient (Wildman–Crippen LogP) is 2.73. The highest BCUT2D eigenvalue weighted by Crippen LogP contribution is 2.16. The van der Waals surface area contributed by atoms with Gasteiger partial charge in [-0.3, -0.25) is 4.21 Å². The summed E-state index contributed by atoms with van der Waals surface area (Å²) in [5.41, 5.74) is 6.15. The molecule has 0 heterocycles. The molecule has 0 saturated carbocycles. The van der Waals surface area contributed by atoms with E-state index in [-0.39, 0.29) is 17.3 Å². The molecular formula is C14H13F2NO2S. The summed E-state index contributed by atoms with van der Waals surface area (Å²) < 4.78 is 43.4. The quantitative estimate of drug-likeness (QED) is 0.863. The molecule has 0 radical (unpaired) electrons. The Labute approximate surface area is 117 Å². The third kappa shape index (κ3) is 3.77. The average Bonchev–Trinajstić information content (AvgIpc) is 2.38. The number of hydrogen-bond acceptors (Lipinski definition) is 3. The van der Waals surface area contributed by atoms with Crippen LogP contribution in [0.1, 0.15) is 0 Å². The first-order valence-electron chi connectivity index (χ1n) is 5.88. The van der Waals surface area contributed by atoms with Crippen molar-refractivity contribution in [2.24, 2.45) is 0 Å². The van der Waals surface area contributed by atoms with Gasteiger partial charge in [0.2, 0.25) is 0 Å². The molecule has 6 heteroatoms. The summed E-state index contributed by atoms with van der Waals surface area (Å²) in [6.07, 6.45) is 0. The maximum atomic E-state index is 13.4. The fraction of sp³-hybridized carbons (Fsp3) is 0.143. The molecule has 2 aromatic rings. The number of benzene rings is 2. The van der Waals surface area contributed by atoms with Gasteiger partial charge in [0, 0.05) is 17.8 Å². The van der Waals surface area contributed by atoms with Crippen molar-refractivity contribution in [2.75, 3.05) is 18.1 Å². The van der Waals surface area contributed by atoms with Crippen LogP contribution in [0.4, 0.5) is 14.5 Å². The molecule has 1 unspecified atom stereocenters. The molecule has 20 heavy (non-hydrogen) atoms. The van der Waals surface area contributed by atoms with Gasteiger partial charge in [-0.1, -0.05) is 6.07 Å². The largest absolute Gasteiger partial charge is 0.493 e. The zero-order valence-electron chi connectivity index (χ0n) is 10.5. The van der Waals surface area contributed by atoms with Gasteiger partial charge in [0.1, 0.15) is 24.0 Å². The molecule has 0 spiro atoms. The summed E-state index contributed by atoms with van der Waals surface area (Å²) in [6, 6.07) is 9.79. The van der Waals surface area contributed by atoms with Crippen LogP contribution in [0.2, 0.25) is 0 Å². The monoisotopic (exact) mass is 297 g/mol. The van der Waals surface area contributed by atoms with Gasteiger partial charge in [0.15, 0.2) is 0 Å². The third-order valence-corrected chi connectivity index (χ3v) is 3.89. The topological polar surface area (TPSA) is 52.3 Å². The summed E-state index contributed by atoms with van der Waals surface area (Å²) in [6.45, 7) is 0.146. The third-order valence-electron chi connectivity index (χ3n) is 2.53. The Hall–Kier alpha value is -1.95. The summed E-state index contributed by atoms with van der Waals surface area (Å²) in [5, 5.41) is 0. The van der Waals surface area contributed by atoms with Gasteiger partial charge in [0.25, 0.3) is 0 Å². The number of rotatable bonds is 5. The van der Waals surface area contributed by atoms with Gasteiger partial charge in [-0.15, -0.1) is 0 Å². The van der Waals surface area contributed by atoms with Crippen LogP contribution in [-0.4, -0.2) is 16.6 Å². The zero-order chi connectivity index (χ0) is 14.5. The molecule has 0 aromatic heterocycles. The van der Waals surface area contributed by atoms with E-state index >= 15 is 0 Å². The van der Waals surface area contributed by atoms with Crippen LogP contribution in [-0.2, 0) is 10.8 Å². The molecule has 3 nitrogen and oxygen atoms in total. The van der Waals surface area contributed by atoms with Crippen molar-refractivity contribution >= 4 is 16.5 Å². The van der Waals surface area contributed by atoms with Crippen LogP contribution in [0.5, 0.6) is 5.75 Å². The molecule has 0 saturated heterocycles. The molecule has 0 amide bonds. The Morgan fingerprint density at radius 1 is 1.15 bits per heavy atom. The molecule has 106 valence electrons. The van der Waals surface area contributed by atoms with Crippen molar-refractivity contribution < 1.29 is 17.7 Å². The molecule has 1 atom stereocenters. The molecule has 0 aliphatic carbocycles. The second-order valence-corrected chi connectivity index (χ2v) is 5.58. The first-order valence-corrected chi connectivity index (χ1v) is 7.20. The molecule has 0 aliphatic heterocycles. The van der Waals surface area contributed by atoms with Gasteiger partial charge in [0.05, 0.1) is 21.4 Å². The second kappa shape index (κ2) is 6.47. The van der Waals surface area contributed by atoms with Crippen LogP contribution in [0.3, 0.4) is 0 Å². The van der Waals surface area contributed by atoms with Crippen molar-refractivity contribution in [3.63, 3.8) is 0 Å². The van der Waals surface area contributed by atoms with E-state index in [0.717, 1.165) is 6.07 Å². The van der Waals surface area contributed by atoms with Crippen molar-refractivity contribution in [1.29, 1.82) is 0 Å². The molecule has 2 aromatic carbocycles. The van der Waals surface area contributed by atoms with Crippen LogP contribution in [0.25, 0.3) is 0 Å². The predicted molar refractivity (Wildman–Crippen MR) is 74.0 cm³/mol. The lowest BCUT2D eigenvalue weighted by atomic mass is 10.3. The lowest BCUT2D eigenvalue weighted by Crippen LogP contribution is -2.10. The average molecular weight is 297 g/mol. The van der Waals surface area contributed by atoms with Crippen molar-refractivity contribution in [2.45, 2.75) is 4.90 Å². The van der Waals surface area contributed by atoms with Crippen molar-refractivity contribution in [3.05, 3.63) is 54.1 Å². The maximum Gasteiger partial charge on any atom is 0.142 e. The van der Waals surface area contributed by atoms with E-state index in [1.165, 1.54) is 6.07 Å². The Morgan fingerprint density at radius 2 is 1.95 bits per heavy atom. The van der Waals surface area contributed by atoms with Gasteiger partial charge in [-0.25, -0.2) is 8.78 Å². The highest BCUT2D eigenvalue weighted by atomic mass is 32.2. The zero-order valence-corrected chi connectivity index (χ0v) is 11.3. The van der Waals surface area contributed by atoms with Crippen LogP contribution < -0.4 is 10.5 Å². The summed E-state index contributed by atoms with van der Waals surface area (Å²) in [5.74, 6) is -0.842. The van der Waals surface area contributed by atoms with Gasteiger partial charge in [-0.05, 0) is 24.3 Å². The Bertz CT molecular complexity index is 634. The summed E-state index contributed by atoms with van der Waals surface area (Å²) in [4.78, 5) is -0.0254. The van der Waals surface area contributed by atoms with E-state index in [1.54, 1.807) is 24.3 Å². The van der Waals surface area contributed by atoms with Gasteiger partial charge >= 0.3 is 0 Å². The summed E-state index contributed by atoms with van der Waals surface area (Å²) >= 11 is 0. The van der Waals surface area contributed by atoms with E-state index in [0.29, 0.717) is 17.5 Å². The normalized spacial score (nSPS) is 12.1. The Morgan fingerprint density at radius 3 is 2.65 bits per heavy atom. The Balaban J connectivity index is 1.92. The lowest BCUT2D eigenvalue weighted by Gasteiger charge is -2.07. The van der Waals surface area contributed by atoms with Crippen molar-refractivity contribution in [3.8, 4) is 5.75 Å². The van der Waals surface area contributed by atoms with Gasteiger partial charge in [-0.2, -0.15) is 0 Å². The number of nitrogen functional groups attached to an aromatic ring is 1. The van der Waals surface area contributed by atoms with Crippen LogP contribution in [0, 0.1) is 11.6 Å². The van der Waals surface area contributed by atoms with E-state index < -0.39 is 22.4 Å². The van der Waals surface area contributed by atoms with Crippen LogP contribution in [0.15, 0.2) is 47.4 Å². The SMILES string of the molecule is Nc1cccc(OCCS(=O)c2ccc(F)cc2F)c1. The fourth-order valence-corrected chi connectivity index (χ4v) is 2.56. The van der Waals surface area contributed by atoms with E-state index in [9.17, 15) is 13.0 Å². The van der Waals surface area contributed by atoms with E-state index in [2.05, 4.69) is 0 Å². The summed E-state index contributed by atoms with van der Waals surface area (Å²) in [7, 11) is -1.58. The molecule has 2 rings (SSSR count). The highest BCUT2D eigenvalue weighted by Gasteiger charge is 2.11. The van der Waals surface area contributed by atoms with E-state index in [1.807, 2.05) is 0 Å². The number of halogens is 2. The number of nitrogens with two attached hydrogens (primary N) is 1. The molecule has 0 bridgehead atoms. The molecule has 0 fully saturated rings. The molecule has 0 aliphatic rings. The standard InChI is InChI=1S/C14H13F2NO2S/c15-10-4-5-14(13(16)8-10)20(18)7-6-19-12-3-1-2-11(17)9-12/h1-5,8-9H,6-7,17H2. The fourth-order valence-electron chi connectivity index (χ4n) is 1.61. The number of anilines is 1. The first-order chi connectivity index (χ1) is 9.56. The molecular weight excluding hydrogens is 284 g/mol. The first kappa shape index (κ1) is 14.5. The number of hydrogen-bond donors (Lipinski definition) is 1. The van der Waals surface area contributed by atoms with Crippen molar-refractivity contribution in [1.82, 2.24) is 0 Å². The minimum atomic E-state index is -1.58. The smallest absolute Gasteiger partial charge is 0.142 e. The Kier molecular flexibility index (Phi) is 4.68. The maximum absolute atomic E-state index is 13.4. The molecule has 2 N–H and O–H groups in total. The van der Waals surface area contributed by atoms with Crippen LogP contribution >= 0.6 is 0 Å². The van der Waals surface area contributed by atoms with E-state index in [4.69, 9.17) is 10.5 Å². The second-order valence-electron chi connectivity index (χ2n) is 4.05. The lowest BCUT2D eigenvalue weighted by molar-refractivity contribution is 0.343. The highest BCUT2D eigenvalue weighted by molar-refractivity contribution is 7.85. The van der Waals surface area contributed by atoms with Gasteiger partial charge < -0.3 is 10.5 Å². The number of ether oxygens (including phenoxy) is 1. The minimum absolute atomic E-state index is 0.0254.